The van der Waals surface area contributed by atoms with E-state index in [0.717, 1.165) is 0 Å². The summed E-state index contributed by atoms with van der Waals surface area (Å²) in [6, 6.07) is 0. The number of ether oxygens (including phenoxy) is 1. The maximum absolute atomic E-state index is 11.5. The number of esters is 1. The Balaban J connectivity index is 4.35. The lowest BCUT2D eigenvalue weighted by Gasteiger charge is -2.18. The molecule has 0 saturated heterocycles. The number of ketones is 1. The summed E-state index contributed by atoms with van der Waals surface area (Å²) < 4.78 is 4.07. The number of Topliss-reactive ketones (excluding diaryl/α,β-unsaturated/α-hetero) is 1. The van der Waals surface area contributed by atoms with Gasteiger partial charge in [0.15, 0.2) is 5.78 Å². The summed E-state index contributed by atoms with van der Waals surface area (Å²) in [7, 11) is 0. The predicted molar refractivity (Wildman–Crippen MR) is 53.8 cm³/mol. The van der Waals surface area contributed by atoms with E-state index in [9.17, 15) is 9.59 Å². The summed E-state index contributed by atoms with van der Waals surface area (Å²) in [6.07, 6.45) is 0. The normalized spacial score (nSPS) is 13.6. The van der Waals surface area contributed by atoms with E-state index in [1.807, 2.05) is 0 Å². The number of halogens is 1. The molecule has 13 heavy (non-hydrogen) atoms. The molecule has 0 aromatic heterocycles. The molecule has 0 spiro atoms. The van der Waals surface area contributed by atoms with Crippen molar-refractivity contribution < 1.29 is 14.3 Å². The Bertz CT molecular complexity index is 205. The summed E-state index contributed by atoms with van der Waals surface area (Å²) in [4.78, 5) is 22.7. The Morgan fingerprint density at radius 1 is 1.46 bits per heavy atom. The van der Waals surface area contributed by atoms with Gasteiger partial charge < -0.3 is 4.74 Å². The first-order valence-corrected chi connectivity index (χ1v) is 4.99. The van der Waals surface area contributed by atoms with Crippen molar-refractivity contribution in [2.75, 3.05) is 6.61 Å². The fourth-order valence-corrected chi connectivity index (χ4v) is 1.23. The number of carbonyl (C=O) groups is 2. The third-order valence-corrected chi connectivity index (χ3v) is 2.01. The van der Waals surface area contributed by atoms with Gasteiger partial charge in [0.2, 0.25) is 0 Å². The number of hydrogen-bond acceptors (Lipinski definition) is 3. The molecule has 0 radical (unpaired) electrons. The Morgan fingerprint density at radius 2 is 1.92 bits per heavy atom. The molecule has 0 bridgehead atoms. The lowest BCUT2D eigenvalue weighted by atomic mass is 9.97. The summed E-state index contributed by atoms with van der Waals surface area (Å²) >= 11 is 3.21. The van der Waals surface area contributed by atoms with Crippen molar-refractivity contribution in [1.29, 1.82) is 0 Å². The average molecular weight is 251 g/mol. The highest BCUT2D eigenvalue weighted by Crippen LogP contribution is 2.22. The molecule has 3 nitrogen and oxygen atoms in total. The summed E-state index contributed by atoms with van der Waals surface area (Å²) in [5, 5.41) is 0. The summed E-state index contributed by atoms with van der Waals surface area (Å²) in [6.45, 7) is 7.01. The van der Waals surface area contributed by atoms with Crippen LogP contribution >= 0.6 is 15.9 Å². The van der Waals surface area contributed by atoms with Gasteiger partial charge >= 0.3 is 5.97 Å². The summed E-state index contributed by atoms with van der Waals surface area (Å²) in [5.74, 6) is -1.32. The van der Waals surface area contributed by atoms with Crippen molar-refractivity contribution in [3.63, 3.8) is 0 Å². The van der Waals surface area contributed by atoms with E-state index in [1.54, 1.807) is 27.7 Å². The van der Waals surface area contributed by atoms with Crippen molar-refractivity contribution in [1.82, 2.24) is 0 Å². The second-order valence-electron chi connectivity index (χ2n) is 3.31. The zero-order chi connectivity index (χ0) is 10.6. The quantitative estimate of drug-likeness (QED) is 0.435. The van der Waals surface area contributed by atoms with Gasteiger partial charge in [-0.1, -0.05) is 15.9 Å². The van der Waals surface area contributed by atoms with Crippen LogP contribution in [0.1, 0.15) is 27.7 Å². The van der Waals surface area contributed by atoms with Crippen LogP contribution in [0.2, 0.25) is 0 Å². The monoisotopic (exact) mass is 250 g/mol. The second-order valence-corrected chi connectivity index (χ2v) is 5.29. The van der Waals surface area contributed by atoms with Crippen molar-refractivity contribution in [2.45, 2.75) is 32.0 Å². The van der Waals surface area contributed by atoms with E-state index in [-0.39, 0.29) is 5.78 Å². The van der Waals surface area contributed by atoms with Gasteiger partial charge in [-0.2, -0.15) is 0 Å². The molecule has 0 amide bonds. The van der Waals surface area contributed by atoms with Gasteiger partial charge in [0.05, 0.1) is 10.9 Å². The van der Waals surface area contributed by atoms with Gasteiger partial charge in [-0.25, -0.2) is 0 Å². The first kappa shape index (κ1) is 12.6. The molecule has 0 aliphatic heterocycles. The molecule has 0 heterocycles. The average Bonchev–Trinajstić information content (AvgIpc) is 2.00. The minimum Gasteiger partial charge on any atom is -0.465 e. The molecular weight excluding hydrogens is 236 g/mol. The number of hydrogen-bond donors (Lipinski definition) is 0. The van der Waals surface area contributed by atoms with Crippen LogP contribution in [-0.4, -0.2) is 22.7 Å². The lowest BCUT2D eigenvalue weighted by Crippen LogP contribution is -2.35. The maximum atomic E-state index is 11.5. The van der Waals surface area contributed by atoms with Gasteiger partial charge in [-0.15, -0.1) is 0 Å². The predicted octanol–water partition coefficient (Wildman–Crippen LogP) is 1.93. The van der Waals surface area contributed by atoms with Crippen LogP contribution in [0.15, 0.2) is 0 Å². The second kappa shape index (κ2) is 4.74. The zero-order valence-corrected chi connectivity index (χ0v) is 9.97. The van der Waals surface area contributed by atoms with Gasteiger partial charge in [-0.05, 0) is 27.7 Å². The van der Waals surface area contributed by atoms with Crippen molar-refractivity contribution in [2.24, 2.45) is 5.92 Å². The molecule has 0 fully saturated rings. The molecule has 0 saturated carbocycles. The molecule has 0 aromatic carbocycles. The molecule has 4 heteroatoms. The fraction of sp³-hybridized carbons (Fsp3) is 0.778. The molecule has 0 N–H and O–H groups in total. The lowest BCUT2D eigenvalue weighted by molar-refractivity contribution is -0.151. The molecular formula is C9H15BrO3. The molecule has 0 aliphatic rings. The van der Waals surface area contributed by atoms with Gasteiger partial charge in [-0.3, -0.25) is 9.59 Å². The SMILES string of the molecule is CCOC(=O)C(C)C(=O)C(C)(C)Br. The first-order chi connectivity index (χ1) is 5.80. The topological polar surface area (TPSA) is 43.4 Å². The van der Waals surface area contributed by atoms with Crippen molar-refractivity contribution in [3.8, 4) is 0 Å². The van der Waals surface area contributed by atoms with E-state index in [0.29, 0.717) is 6.61 Å². The van der Waals surface area contributed by atoms with Crippen molar-refractivity contribution in [3.05, 3.63) is 0 Å². The van der Waals surface area contributed by atoms with Crippen LogP contribution in [-0.2, 0) is 14.3 Å². The standard InChI is InChI=1S/C9H15BrO3/c1-5-13-8(12)6(2)7(11)9(3,4)10/h6H,5H2,1-4H3. The minimum absolute atomic E-state index is 0.161. The van der Waals surface area contributed by atoms with Gasteiger partial charge in [0, 0.05) is 0 Å². The molecule has 1 atom stereocenters. The third kappa shape index (κ3) is 3.89. The highest BCUT2D eigenvalue weighted by atomic mass is 79.9. The molecule has 0 aromatic rings. The van der Waals surface area contributed by atoms with Crippen LogP contribution < -0.4 is 0 Å². The van der Waals surface area contributed by atoms with Gasteiger partial charge in [0.1, 0.15) is 5.92 Å². The maximum Gasteiger partial charge on any atom is 0.316 e. The number of alkyl halides is 1. The van der Waals surface area contributed by atoms with E-state index in [1.165, 1.54) is 0 Å². The van der Waals surface area contributed by atoms with E-state index < -0.39 is 16.2 Å². The number of rotatable bonds is 4. The molecule has 0 aliphatic carbocycles. The zero-order valence-electron chi connectivity index (χ0n) is 8.39. The van der Waals surface area contributed by atoms with E-state index in [2.05, 4.69) is 15.9 Å². The first-order valence-electron chi connectivity index (χ1n) is 4.20. The van der Waals surface area contributed by atoms with Crippen LogP contribution in [0.5, 0.6) is 0 Å². The van der Waals surface area contributed by atoms with Crippen LogP contribution in [0, 0.1) is 5.92 Å². The Labute approximate surface area is 87.0 Å². The van der Waals surface area contributed by atoms with Gasteiger partial charge in [0.25, 0.3) is 0 Å². The number of carbonyl (C=O) groups excluding carboxylic acids is 2. The minimum atomic E-state index is -0.700. The fourth-order valence-electron chi connectivity index (χ4n) is 0.889. The Hall–Kier alpha value is -0.380. The Kier molecular flexibility index (Phi) is 4.61. The molecule has 76 valence electrons. The van der Waals surface area contributed by atoms with Crippen molar-refractivity contribution >= 4 is 27.7 Å². The highest BCUT2D eigenvalue weighted by Gasteiger charge is 2.33. The largest absolute Gasteiger partial charge is 0.465 e. The third-order valence-electron chi connectivity index (χ3n) is 1.62. The van der Waals surface area contributed by atoms with E-state index >= 15 is 0 Å². The van der Waals surface area contributed by atoms with Crippen LogP contribution in [0.4, 0.5) is 0 Å². The smallest absolute Gasteiger partial charge is 0.316 e. The Morgan fingerprint density at radius 3 is 2.23 bits per heavy atom. The summed E-state index contributed by atoms with van der Waals surface area (Å²) in [5.41, 5.74) is 0. The highest BCUT2D eigenvalue weighted by molar-refractivity contribution is 9.10. The molecule has 1 unspecified atom stereocenters. The van der Waals surface area contributed by atoms with Crippen LogP contribution in [0.3, 0.4) is 0 Å². The molecule has 0 rings (SSSR count). The van der Waals surface area contributed by atoms with Crippen LogP contribution in [0.25, 0.3) is 0 Å². The van der Waals surface area contributed by atoms with E-state index in [4.69, 9.17) is 4.74 Å².